The second-order valence-electron chi connectivity index (χ2n) is 3.21. The Morgan fingerprint density at radius 1 is 1.53 bits per heavy atom. The smallest absolute Gasteiger partial charge is 0.387 e. The van der Waals surface area contributed by atoms with Crippen molar-refractivity contribution in [2.24, 2.45) is 0 Å². The van der Waals surface area contributed by atoms with Crippen LogP contribution in [0.15, 0.2) is 11.4 Å². The molecule has 0 aliphatic rings. The monoisotopic (exact) mass is 264 g/mol. The molecule has 0 saturated carbocycles. The standard InChI is InChI=1S/C10H14F2N2O2S/c1-13-4-2-5-14-9(15)8-7(3-6-17-8)16-10(11)12/h3,6,10,13H,2,4-5H2,1H3,(H,14,15). The van der Waals surface area contributed by atoms with Crippen molar-refractivity contribution in [3.8, 4) is 5.75 Å². The first-order chi connectivity index (χ1) is 8.15. The Balaban J connectivity index is 2.48. The molecule has 0 fully saturated rings. The fourth-order valence-electron chi connectivity index (χ4n) is 1.20. The summed E-state index contributed by atoms with van der Waals surface area (Å²) in [6.45, 7) is -1.64. The van der Waals surface area contributed by atoms with Gasteiger partial charge in [-0.2, -0.15) is 8.78 Å². The maximum Gasteiger partial charge on any atom is 0.387 e. The number of halogens is 2. The Morgan fingerprint density at radius 3 is 2.94 bits per heavy atom. The van der Waals surface area contributed by atoms with E-state index >= 15 is 0 Å². The number of carbonyl (C=O) groups excluding carboxylic acids is 1. The number of ether oxygens (including phenoxy) is 1. The summed E-state index contributed by atoms with van der Waals surface area (Å²) in [6, 6.07) is 1.36. The first-order valence-electron chi connectivity index (χ1n) is 5.10. The third-order valence-corrected chi connectivity index (χ3v) is 2.83. The normalized spacial score (nSPS) is 10.6. The van der Waals surface area contributed by atoms with Crippen molar-refractivity contribution in [3.63, 3.8) is 0 Å². The molecule has 1 amide bonds. The van der Waals surface area contributed by atoms with Crippen LogP contribution in [0.1, 0.15) is 16.1 Å². The molecule has 0 radical (unpaired) electrons. The van der Waals surface area contributed by atoms with Crippen LogP contribution in [0.5, 0.6) is 5.75 Å². The maximum atomic E-state index is 12.0. The molecule has 0 aliphatic heterocycles. The first kappa shape index (κ1) is 13.9. The average Bonchev–Trinajstić information content (AvgIpc) is 2.71. The summed E-state index contributed by atoms with van der Waals surface area (Å²) in [7, 11) is 1.82. The van der Waals surface area contributed by atoms with Gasteiger partial charge in [-0.25, -0.2) is 0 Å². The summed E-state index contributed by atoms with van der Waals surface area (Å²) in [6.07, 6.45) is 0.776. The molecule has 96 valence electrons. The molecule has 1 aromatic rings. The molecule has 4 nitrogen and oxygen atoms in total. The van der Waals surface area contributed by atoms with Gasteiger partial charge < -0.3 is 15.4 Å². The number of hydrogen-bond acceptors (Lipinski definition) is 4. The van der Waals surface area contributed by atoms with E-state index in [0.29, 0.717) is 6.54 Å². The largest absolute Gasteiger partial charge is 0.433 e. The van der Waals surface area contributed by atoms with Crippen LogP contribution >= 0.6 is 11.3 Å². The van der Waals surface area contributed by atoms with E-state index in [1.54, 1.807) is 5.38 Å². The van der Waals surface area contributed by atoms with Gasteiger partial charge in [0.1, 0.15) is 10.6 Å². The minimum atomic E-state index is -2.92. The molecular weight excluding hydrogens is 250 g/mol. The molecule has 0 aliphatic carbocycles. The fourth-order valence-corrected chi connectivity index (χ4v) is 1.94. The third kappa shape index (κ3) is 4.66. The van der Waals surface area contributed by atoms with Gasteiger partial charge in [0.15, 0.2) is 0 Å². The van der Waals surface area contributed by atoms with Crippen LogP contribution in [-0.4, -0.2) is 32.7 Å². The van der Waals surface area contributed by atoms with Crippen molar-refractivity contribution >= 4 is 17.2 Å². The summed E-state index contributed by atoms with van der Waals surface area (Å²) in [5.41, 5.74) is 0. The number of hydrogen-bond donors (Lipinski definition) is 2. The average molecular weight is 264 g/mol. The summed E-state index contributed by atoms with van der Waals surface area (Å²) in [5.74, 6) is -0.456. The molecule has 1 aromatic heterocycles. The van der Waals surface area contributed by atoms with E-state index < -0.39 is 6.61 Å². The molecule has 0 bridgehead atoms. The van der Waals surface area contributed by atoms with Gasteiger partial charge in [0.2, 0.25) is 0 Å². The van der Waals surface area contributed by atoms with Gasteiger partial charge >= 0.3 is 6.61 Å². The van der Waals surface area contributed by atoms with Gasteiger partial charge in [0.25, 0.3) is 5.91 Å². The molecule has 0 aromatic carbocycles. The minimum absolute atomic E-state index is 0.0730. The van der Waals surface area contributed by atoms with Crippen molar-refractivity contribution < 1.29 is 18.3 Å². The molecule has 0 spiro atoms. The van der Waals surface area contributed by atoms with Crippen molar-refractivity contribution in [1.82, 2.24) is 10.6 Å². The molecule has 0 atom stereocenters. The topological polar surface area (TPSA) is 50.4 Å². The molecule has 0 unspecified atom stereocenters. The lowest BCUT2D eigenvalue weighted by molar-refractivity contribution is -0.0498. The summed E-state index contributed by atoms with van der Waals surface area (Å²) in [4.78, 5) is 11.8. The maximum absolute atomic E-state index is 12.0. The van der Waals surface area contributed by atoms with E-state index in [1.807, 2.05) is 7.05 Å². The number of thiophene rings is 1. The highest BCUT2D eigenvalue weighted by Gasteiger charge is 2.16. The van der Waals surface area contributed by atoms with E-state index in [1.165, 1.54) is 6.07 Å². The van der Waals surface area contributed by atoms with Crippen molar-refractivity contribution in [3.05, 3.63) is 16.3 Å². The third-order valence-electron chi connectivity index (χ3n) is 1.94. The zero-order chi connectivity index (χ0) is 12.7. The zero-order valence-corrected chi connectivity index (χ0v) is 10.2. The number of carbonyl (C=O) groups is 1. The fraction of sp³-hybridized carbons (Fsp3) is 0.500. The quantitative estimate of drug-likeness (QED) is 0.737. The van der Waals surface area contributed by atoms with E-state index in [2.05, 4.69) is 15.4 Å². The van der Waals surface area contributed by atoms with Crippen LogP contribution < -0.4 is 15.4 Å². The van der Waals surface area contributed by atoms with Crippen LogP contribution in [0.4, 0.5) is 8.78 Å². The Labute approximate surface area is 102 Å². The molecule has 1 rings (SSSR count). The van der Waals surface area contributed by atoms with Crippen LogP contribution in [0.3, 0.4) is 0 Å². The molecule has 2 N–H and O–H groups in total. The summed E-state index contributed by atoms with van der Waals surface area (Å²) < 4.78 is 28.3. The van der Waals surface area contributed by atoms with Crippen LogP contribution in [0, 0.1) is 0 Å². The van der Waals surface area contributed by atoms with E-state index in [4.69, 9.17) is 0 Å². The molecule has 7 heteroatoms. The highest BCUT2D eigenvalue weighted by molar-refractivity contribution is 7.12. The van der Waals surface area contributed by atoms with Gasteiger partial charge in [0, 0.05) is 6.54 Å². The van der Waals surface area contributed by atoms with Crippen LogP contribution in [0.2, 0.25) is 0 Å². The van der Waals surface area contributed by atoms with Gasteiger partial charge in [-0.05, 0) is 31.5 Å². The molecule has 1 heterocycles. The number of nitrogens with one attached hydrogen (secondary N) is 2. The van der Waals surface area contributed by atoms with Gasteiger partial charge in [-0.1, -0.05) is 0 Å². The zero-order valence-electron chi connectivity index (χ0n) is 9.33. The lowest BCUT2D eigenvalue weighted by Gasteiger charge is -2.06. The van der Waals surface area contributed by atoms with E-state index in [0.717, 1.165) is 24.3 Å². The van der Waals surface area contributed by atoms with Gasteiger partial charge in [-0.15, -0.1) is 11.3 Å². The Kier molecular flexibility index (Phi) is 5.85. The lowest BCUT2D eigenvalue weighted by atomic mass is 10.3. The SMILES string of the molecule is CNCCCNC(=O)c1sccc1OC(F)F. The highest BCUT2D eigenvalue weighted by atomic mass is 32.1. The minimum Gasteiger partial charge on any atom is -0.433 e. The second-order valence-corrected chi connectivity index (χ2v) is 4.12. The van der Waals surface area contributed by atoms with E-state index in [9.17, 15) is 13.6 Å². The van der Waals surface area contributed by atoms with Gasteiger partial charge in [0.05, 0.1) is 0 Å². The molecule has 17 heavy (non-hydrogen) atoms. The van der Waals surface area contributed by atoms with Gasteiger partial charge in [-0.3, -0.25) is 4.79 Å². The Bertz CT molecular complexity index is 358. The first-order valence-corrected chi connectivity index (χ1v) is 5.98. The lowest BCUT2D eigenvalue weighted by Crippen LogP contribution is -2.26. The van der Waals surface area contributed by atoms with Crippen molar-refractivity contribution in [2.75, 3.05) is 20.1 Å². The predicted molar refractivity (Wildman–Crippen MR) is 61.8 cm³/mol. The second kappa shape index (κ2) is 7.18. The Hall–Kier alpha value is -1.21. The number of rotatable bonds is 7. The predicted octanol–water partition coefficient (Wildman–Crippen LogP) is 1.69. The summed E-state index contributed by atoms with van der Waals surface area (Å²) >= 11 is 1.08. The van der Waals surface area contributed by atoms with Crippen LogP contribution in [-0.2, 0) is 0 Å². The van der Waals surface area contributed by atoms with Crippen LogP contribution in [0.25, 0.3) is 0 Å². The number of amides is 1. The van der Waals surface area contributed by atoms with Crippen molar-refractivity contribution in [2.45, 2.75) is 13.0 Å². The molecule has 0 saturated heterocycles. The van der Waals surface area contributed by atoms with E-state index in [-0.39, 0.29) is 16.5 Å². The highest BCUT2D eigenvalue weighted by Crippen LogP contribution is 2.26. The van der Waals surface area contributed by atoms with Crippen molar-refractivity contribution in [1.29, 1.82) is 0 Å². The molecular formula is C10H14F2N2O2S. The Morgan fingerprint density at radius 2 is 2.29 bits per heavy atom. The number of alkyl halides is 2. The summed E-state index contributed by atoms with van der Waals surface area (Å²) in [5, 5.41) is 7.12.